The Bertz CT molecular complexity index is 1120. The lowest BCUT2D eigenvalue weighted by molar-refractivity contribution is -0.160. The van der Waals surface area contributed by atoms with E-state index in [0.29, 0.717) is 25.8 Å². The fourth-order valence-corrected chi connectivity index (χ4v) is 6.64. The number of ether oxygens (including phenoxy) is 2. The van der Waals surface area contributed by atoms with Gasteiger partial charge in [0.25, 0.3) is 5.91 Å². The first-order chi connectivity index (χ1) is 17.3. The maximum atomic E-state index is 14.4. The summed E-state index contributed by atoms with van der Waals surface area (Å²) in [6, 6.07) is 4.92. The SMILES string of the molecule is CC[C@]12C=CCCOC(=O)[C@H]1[C@H]1C(=O)N(CCCO)C3C(=O)N(c4c(C)cccc4C)CC=C[C@@]31O2. The average Bonchev–Trinajstić information content (AvgIpc) is 3.19. The van der Waals surface area contributed by atoms with Gasteiger partial charge in [-0.1, -0.05) is 49.4 Å². The Morgan fingerprint density at radius 3 is 2.50 bits per heavy atom. The molecule has 0 saturated carbocycles. The highest BCUT2D eigenvalue weighted by molar-refractivity contribution is 6.06. The van der Waals surface area contributed by atoms with Crippen molar-refractivity contribution >= 4 is 23.5 Å². The van der Waals surface area contributed by atoms with Crippen LogP contribution < -0.4 is 4.90 Å². The van der Waals surface area contributed by atoms with Crippen molar-refractivity contribution in [2.75, 3.05) is 31.2 Å². The molecular weight excluding hydrogens is 460 g/mol. The van der Waals surface area contributed by atoms with Crippen molar-refractivity contribution in [3.63, 3.8) is 0 Å². The van der Waals surface area contributed by atoms with Crippen molar-refractivity contribution in [1.29, 1.82) is 0 Å². The van der Waals surface area contributed by atoms with E-state index in [1.54, 1.807) is 4.90 Å². The quantitative estimate of drug-likeness (QED) is 0.499. The minimum absolute atomic E-state index is 0.118. The maximum absolute atomic E-state index is 14.4. The third-order valence-electron chi connectivity index (χ3n) is 8.17. The van der Waals surface area contributed by atoms with Crippen LogP contribution in [0.3, 0.4) is 0 Å². The topological polar surface area (TPSA) is 96.4 Å². The van der Waals surface area contributed by atoms with E-state index >= 15 is 0 Å². The smallest absolute Gasteiger partial charge is 0.313 e. The normalized spacial score (nSPS) is 33.6. The summed E-state index contributed by atoms with van der Waals surface area (Å²) >= 11 is 0. The monoisotopic (exact) mass is 494 g/mol. The highest BCUT2D eigenvalue weighted by Crippen LogP contribution is 2.58. The third kappa shape index (κ3) is 3.45. The number of hydrogen-bond acceptors (Lipinski definition) is 6. The first kappa shape index (κ1) is 24.7. The van der Waals surface area contributed by atoms with Crippen LogP contribution in [0.4, 0.5) is 5.69 Å². The first-order valence-electron chi connectivity index (χ1n) is 12.8. The molecule has 5 rings (SSSR count). The summed E-state index contributed by atoms with van der Waals surface area (Å²) in [6.45, 7) is 6.50. The predicted molar refractivity (Wildman–Crippen MR) is 133 cm³/mol. The van der Waals surface area contributed by atoms with E-state index in [1.807, 2.05) is 63.3 Å². The van der Waals surface area contributed by atoms with Crippen molar-refractivity contribution in [2.45, 2.75) is 57.3 Å². The van der Waals surface area contributed by atoms with Crippen LogP contribution in [0.1, 0.15) is 37.3 Å². The minimum Gasteiger partial charge on any atom is -0.465 e. The van der Waals surface area contributed by atoms with Crippen LogP contribution in [-0.4, -0.2) is 71.3 Å². The van der Waals surface area contributed by atoms with Crippen LogP contribution >= 0.6 is 0 Å². The molecule has 2 fully saturated rings. The van der Waals surface area contributed by atoms with Crippen molar-refractivity contribution in [3.8, 4) is 0 Å². The Hall–Kier alpha value is -2.97. The summed E-state index contributed by atoms with van der Waals surface area (Å²) in [7, 11) is 0. The summed E-state index contributed by atoms with van der Waals surface area (Å²) in [6.07, 6.45) is 8.91. The number of aliphatic hydroxyl groups is 1. The van der Waals surface area contributed by atoms with Gasteiger partial charge in [-0.05, 0) is 44.2 Å². The van der Waals surface area contributed by atoms with Gasteiger partial charge >= 0.3 is 5.97 Å². The second kappa shape index (κ2) is 9.16. The van der Waals surface area contributed by atoms with Crippen LogP contribution in [0.5, 0.6) is 0 Å². The summed E-state index contributed by atoms with van der Waals surface area (Å²) in [5.41, 5.74) is 0.374. The Balaban J connectivity index is 1.68. The Morgan fingerprint density at radius 1 is 1.06 bits per heavy atom. The number of cyclic esters (lactones) is 1. The predicted octanol–water partition coefficient (Wildman–Crippen LogP) is 2.45. The van der Waals surface area contributed by atoms with Crippen molar-refractivity contribution in [3.05, 3.63) is 53.6 Å². The van der Waals surface area contributed by atoms with E-state index < -0.39 is 35.0 Å². The molecule has 1 spiro atoms. The molecule has 5 atom stereocenters. The van der Waals surface area contributed by atoms with E-state index in [0.717, 1.165) is 16.8 Å². The summed E-state index contributed by atoms with van der Waals surface area (Å²) in [4.78, 5) is 45.1. The van der Waals surface area contributed by atoms with Gasteiger partial charge in [-0.25, -0.2) is 0 Å². The number of anilines is 1. The van der Waals surface area contributed by atoms with E-state index in [2.05, 4.69) is 0 Å². The summed E-state index contributed by atoms with van der Waals surface area (Å²) in [5.74, 6) is -2.77. The number of carbonyl (C=O) groups excluding carboxylic acids is 3. The summed E-state index contributed by atoms with van der Waals surface area (Å²) in [5, 5.41) is 9.55. The molecule has 0 aromatic heterocycles. The van der Waals surface area contributed by atoms with E-state index in [1.165, 1.54) is 4.90 Å². The average molecular weight is 495 g/mol. The number of aryl methyl sites for hydroxylation is 2. The van der Waals surface area contributed by atoms with Gasteiger partial charge in [0, 0.05) is 25.4 Å². The number of aliphatic hydroxyl groups excluding tert-OH is 1. The zero-order valence-corrected chi connectivity index (χ0v) is 21.1. The number of rotatable bonds is 5. The van der Waals surface area contributed by atoms with Gasteiger partial charge in [-0.15, -0.1) is 0 Å². The second-order valence-electron chi connectivity index (χ2n) is 10.2. The molecule has 1 aromatic rings. The molecule has 4 aliphatic rings. The zero-order chi connectivity index (χ0) is 25.7. The number of hydrogen-bond donors (Lipinski definition) is 1. The second-order valence-corrected chi connectivity index (χ2v) is 10.2. The van der Waals surface area contributed by atoms with Gasteiger partial charge in [0.1, 0.15) is 23.2 Å². The number of fused-ring (bicyclic) bond motifs is 2. The van der Waals surface area contributed by atoms with Crippen LogP contribution in [-0.2, 0) is 23.9 Å². The maximum Gasteiger partial charge on any atom is 0.313 e. The van der Waals surface area contributed by atoms with Gasteiger partial charge in [-0.2, -0.15) is 0 Å². The number of nitrogens with zero attached hydrogens (tertiary/aromatic N) is 2. The molecule has 4 heterocycles. The standard InChI is InChI=1S/C28H34N2O6/c1-4-27-12-5-6-17-35-26(34)21(27)20-24(32)30(15-9-16-31)23-25(33)29(14-8-13-28(20,23)36-27)22-18(2)10-7-11-19(22)3/h5,7-8,10-13,20-21,23,31H,4,6,9,14-17H2,1-3H3/t20-,21+,23?,27-,28-/m0/s1. The third-order valence-corrected chi connectivity index (χ3v) is 8.17. The number of esters is 1. The summed E-state index contributed by atoms with van der Waals surface area (Å²) < 4.78 is 12.4. The lowest BCUT2D eigenvalue weighted by Gasteiger charge is -2.39. The van der Waals surface area contributed by atoms with Gasteiger partial charge in [0.05, 0.1) is 12.5 Å². The van der Waals surface area contributed by atoms with Crippen LogP contribution in [0, 0.1) is 25.7 Å². The number of para-hydroxylation sites is 1. The fourth-order valence-electron chi connectivity index (χ4n) is 6.64. The van der Waals surface area contributed by atoms with Gasteiger partial charge < -0.3 is 24.4 Å². The number of benzene rings is 1. The van der Waals surface area contributed by atoms with E-state index in [-0.39, 0.29) is 31.6 Å². The molecule has 2 saturated heterocycles. The molecule has 0 radical (unpaired) electrons. The molecule has 8 heteroatoms. The van der Waals surface area contributed by atoms with E-state index in [4.69, 9.17) is 9.47 Å². The molecule has 1 unspecified atom stereocenters. The van der Waals surface area contributed by atoms with Gasteiger partial charge in [-0.3, -0.25) is 14.4 Å². The van der Waals surface area contributed by atoms with Crippen LogP contribution in [0.2, 0.25) is 0 Å². The zero-order valence-electron chi connectivity index (χ0n) is 21.1. The molecule has 2 amide bonds. The van der Waals surface area contributed by atoms with Crippen LogP contribution in [0.25, 0.3) is 0 Å². The molecule has 36 heavy (non-hydrogen) atoms. The highest BCUT2D eigenvalue weighted by atomic mass is 16.6. The Kier molecular flexibility index (Phi) is 6.29. The molecule has 0 bridgehead atoms. The highest BCUT2D eigenvalue weighted by Gasteiger charge is 2.75. The minimum atomic E-state index is -1.32. The molecule has 1 N–H and O–H groups in total. The Morgan fingerprint density at radius 2 is 1.81 bits per heavy atom. The number of likely N-dealkylation sites (tertiary alicyclic amines) is 1. The molecule has 8 nitrogen and oxygen atoms in total. The lowest BCUT2D eigenvalue weighted by Crippen LogP contribution is -2.56. The lowest BCUT2D eigenvalue weighted by atomic mass is 9.73. The molecule has 4 aliphatic heterocycles. The van der Waals surface area contributed by atoms with Gasteiger partial charge in [0.15, 0.2) is 0 Å². The molecular formula is C28H34N2O6. The molecule has 192 valence electrons. The molecule has 1 aromatic carbocycles. The van der Waals surface area contributed by atoms with Crippen molar-refractivity contribution in [2.24, 2.45) is 11.8 Å². The number of amides is 2. The van der Waals surface area contributed by atoms with Gasteiger partial charge in [0.2, 0.25) is 5.91 Å². The number of carbonyl (C=O) groups is 3. The first-order valence-corrected chi connectivity index (χ1v) is 12.8. The van der Waals surface area contributed by atoms with Crippen molar-refractivity contribution < 1.29 is 29.0 Å². The van der Waals surface area contributed by atoms with Crippen molar-refractivity contribution in [1.82, 2.24) is 4.90 Å². The Labute approximate surface area is 211 Å². The fraction of sp³-hybridized carbons (Fsp3) is 0.536. The van der Waals surface area contributed by atoms with Crippen LogP contribution in [0.15, 0.2) is 42.5 Å². The van der Waals surface area contributed by atoms with E-state index in [9.17, 15) is 19.5 Å². The molecule has 0 aliphatic carbocycles. The largest absolute Gasteiger partial charge is 0.465 e.